The van der Waals surface area contributed by atoms with E-state index in [1.54, 1.807) is 12.1 Å². The lowest BCUT2D eigenvalue weighted by molar-refractivity contribution is 0.0598. The summed E-state index contributed by atoms with van der Waals surface area (Å²) in [5.74, 6) is -0.328. The lowest BCUT2D eigenvalue weighted by atomic mass is 10.2. The van der Waals surface area contributed by atoms with Crippen LogP contribution in [0, 0.1) is 7.14 Å². The van der Waals surface area contributed by atoms with Crippen molar-refractivity contribution in [3.8, 4) is 0 Å². The summed E-state index contributed by atoms with van der Waals surface area (Å²) in [6, 6.07) is 3.47. The summed E-state index contributed by atoms with van der Waals surface area (Å²) in [5, 5.41) is 0.626. The first kappa shape index (κ1) is 11.5. The highest BCUT2D eigenvalue weighted by Gasteiger charge is 2.14. The summed E-state index contributed by atoms with van der Waals surface area (Å²) < 4.78 is 6.26. The van der Waals surface area contributed by atoms with Crippen LogP contribution in [0.3, 0.4) is 0 Å². The largest absolute Gasteiger partial charge is 0.465 e. The average molecular weight is 422 g/mol. The van der Waals surface area contributed by atoms with Crippen molar-refractivity contribution in [1.82, 2.24) is 0 Å². The molecule has 0 fully saturated rings. The van der Waals surface area contributed by atoms with E-state index in [0.717, 1.165) is 7.14 Å². The number of carbonyl (C=O) groups excluding carboxylic acids is 1. The molecule has 13 heavy (non-hydrogen) atoms. The number of hydrogen-bond donors (Lipinski definition) is 0. The lowest BCUT2D eigenvalue weighted by Crippen LogP contribution is -2.06. The molecule has 0 unspecified atom stereocenters. The van der Waals surface area contributed by atoms with E-state index in [1.807, 2.05) is 0 Å². The molecule has 0 radical (unpaired) electrons. The Hall–Kier alpha value is 0.440. The molecule has 2 nitrogen and oxygen atoms in total. The van der Waals surface area contributed by atoms with E-state index in [4.69, 9.17) is 11.6 Å². The summed E-state index contributed by atoms with van der Waals surface area (Å²) in [6.45, 7) is 0. The highest BCUT2D eigenvalue weighted by Crippen LogP contribution is 2.24. The maximum Gasteiger partial charge on any atom is 0.340 e. The Bertz CT molecular complexity index is 329. The van der Waals surface area contributed by atoms with Gasteiger partial charge in [0.25, 0.3) is 0 Å². The second-order valence-electron chi connectivity index (χ2n) is 2.24. The SMILES string of the molecule is COC(=O)c1c(I)cc(Cl)cc1I. The van der Waals surface area contributed by atoms with Crippen LogP contribution >= 0.6 is 56.8 Å². The topological polar surface area (TPSA) is 26.3 Å². The van der Waals surface area contributed by atoms with Crippen LogP contribution in [-0.2, 0) is 4.74 Å². The third-order valence-corrected chi connectivity index (χ3v) is 3.32. The summed E-state index contributed by atoms with van der Waals surface area (Å²) in [6.07, 6.45) is 0. The van der Waals surface area contributed by atoms with Gasteiger partial charge in [-0.3, -0.25) is 0 Å². The molecule has 0 aromatic heterocycles. The van der Waals surface area contributed by atoms with E-state index in [0.29, 0.717) is 10.6 Å². The van der Waals surface area contributed by atoms with Crippen LogP contribution in [0.5, 0.6) is 0 Å². The first-order valence-corrected chi connectivity index (χ1v) is 5.82. The van der Waals surface area contributed by atoms with Crippen molar-refractivity contribution in [3.05, 3.63) is 29.9 Å². The first-order chi connectivity index (χ1) is 6.06. The van der Waals surface area contributed by atoms with Gasteiger partial charge in [0, 0.05) is 12.2 Å². The second kappa shape index (κ2) is 4.79. The number of halogens is 3. The molecule has 70 valence electrons. The number of rotatable bonds is 1. The minimum Gasteiger partial charge on any atom is -0.465 e. The maximum atomic E-state index is 11.3. The van der Waals surface area contributed by atoms with Gasteiger partial charge in [-0.05, 0) is 57.3 Å². The molecule has 1 aromatic carbocycles. The fraction of sp³-hybridized carbons (Fsp3) is 0.125. The van der Waals surface area contributed by atoms with E-state index >= 15 is 0 Å². The van der Waals surface area contributed by atoms with E-state index in [9.17, 15) is 4.79 Å². The molecule has 0 atom stereocenters. The van der Waals surface area contributed by atoms with Crippen LogP contribution in [-0.4, -0.2) is 13.1 Å². The van der Waals surface area contributed by atoms with Crippen molar-refractivity contribution in [2.45, 2.75) is 0 Å². The van der Waals surface area contributed by atoms with Crippen LogP contribution in [0.4, 0.5) is 0 Å². The fourth-order valence-electron chi connectivity index (χ4n) is 0.839. The molecule has 0 aliphatic carbocycles. The van der Waals surface area contributed by atoms with E-state index in [-0.39, 0.29) is 5.97 Å². The molecule has 0 N–H and O–H groups in total. The predicted molar refractivity (Wildman–Crippen MR) is 68.2 cm³/mol. The Balaban J connectivity index is 3.28. The molecule has 0 aliphatic heterocycles. The Morgan fingerprint density at radius 3 is 2.23 bits per heavy atom. The van der Waals surface area contributed by atoms with Gasteiger partial charge >= 0.3 is 5.97 Å². The molecule has 0 heterocycles. The molecular weight excluding hydrogens is 417 g/mol. The van der Waals surface area contributed by atoms with E-state index in [2.05, 4.69) is 49.9 Å². The molecule has 0 aliphatic rings. The van der Waals surface area contributed by atoms with Gasteiger partial charge < -0.3 is 4.74 Å². The van der Waals surface area contributed by atoms with Crippen molar-refractivity contribution in [2.75, 3.05) is 7.11 Å². The minimum absolute atomic E-state index is 0.328. The zero-order chi connectivity index (χ0) is 10.0. The molecule has 0 amide bonds. The summed E-state index contributed by atoms with van der Waals surface area (Å²) in [7, 11) is 1.36. The second-order valence-corrected chi connectivity index (χ2v) is 5.00. The zero-order valence-electron chi connectivity index (χ0n) is 6.61. The Morgan fingerprint density at radius 1 is 1.38 bits per heavy atom. The Kier molecular flexibility index (Phi) is 4.24. The highest BCUT2D eigenvalue weighted by atomic mass is 127. The van der Waals surface area contributed by atoms with Crippen molar-refractivity contribution in [1.29, 1.82) is 0 Å². The number of carbonyl (C=O) groups is 1. The molecule has 0 saturated heterocycles. The van der Waals surface area contributed by atoms with Crippen LogP contribution in [0.15, 0.2) is 12.1 Å². The minimum atomic E-state index is -0.328. The quantitative estimate of drug-likeness (QED) is 0.513. The van der Waals surface area contributed by atoms with Crippen molar-refractivity contribution < 1.29 is 9.53 Å². The summed E-state index contributed by atoms with van der Waals surface area (Å²) >= 11 is 9.93. The third kappa shape index (κ3) is 2.69. The van der Waals surface area contributed by atoms with Crippen LogP contribution < -0.4 is 0 Å². The monoisotopic (exact) mass is 422 g/mol. The normalized spacial score (nSPS) is 9.85. The van der Waals surface area contributed by atoms with Crippen LogP contribution in [0.1, 0.15) is 10.4 Å². The van der Waals surface area contributed by atoms with E-state index < -0.39 is 0 Å². The molecule has 5 heteroatoms. The predicted octanol–water partition coefficient (Wildman–Crippen LogP) is 3.34. The van der Waals surface area contributed by atoms with Gasteiger partial charge in [0.2, 0.25) is 0 Å². The molecule has 0 bridgehead atoms. The molecular formula is C8H5ClI2O2. The zero-order valence-corrected chi connectivity index (χ0v) is 11.7. The molecule has 1 aromatic rings. The number of esters is 1. The molecule has 1 rings (SSSR count). The van der Waals surface area contributed by atoms with Gasteiger partial charge in [-0.2, -0.15) is 0 Å². The third-order valence-electron chi connectivity index (χ3n) is 1.40. The Morgan fingerprint density at radius 2 is 1.85 bits per heavy atom. The van der Waals surface area contributed by atoms with Gasteiger partial charge in [-0.1, -0.05) is 11.6 Å². The standard InChI is InChI=1S/C8H5ClI2O2/c1-13-8(12)7-5(10)2-4(9)3-6(7)11/h2-3H,1H3. The van der Waals surface area contributed by atoms with Gasteiger partial charge in [-0.25, -0.2) is 4.79 Å². The highest BCUT2D eigenvalue weighted by molar-refractivity contribution is 14.1. The number of methoxy groups -OCH3 is 1. The summed E-state index contributed by atoms with van der Waals surface area (Å²) in [4.78, 5) is 11.3. The lowest BCUT2D eigenvalue weighted by Gasteiger charge is -2.05. The smallest absolute Gasteiger partial charge is 0.340 e. The van der Waals surface area contributed by atoms with E-state index in [1.165, 1.54) is 7.11 Å². The number of hydrogen-bond acceptors (Lipinski definition) is 2. The van der Waals surface area contributed by atoms with Gasteiger partial charge in [0.05, 0.1) is 12.7 Å². The number of benzene rings is 1. The molecule has 0 spiro atoms. The van der Waals surface area contributed by atoms with Gasteiger partial charge in [0.1, 0.15) is 0 Å². The van der Waals surface area contributed by atoms with Crippen LogP contribution in [0.2, 0.25) is 5.02 Å². The molecule has 0 saturated carbocycles. The van der Waals surface area contributed by atoms with Gasteiger partial charge in [0.15, 0.2) is 0 Å². The Labute approximate surface area is 108 Å². The number of ether oxygens (including phenoxy) is 1. The maximum absolute atomic E-state index is 11.3. The van der Waals surface area contributed by atoms with Crippen molar-refractivity contribution >= 4 is 62.8 Å². The van der Waals surface area contributed by atoms with Crippen molar-refractivity contribution in [2.24, 2.45) is 0 Å². The fourth-order valence-corrected chi connectivity index (χ4v) is 3.63. The van der Waals surface area contributed by atoms with Gasteiger partial charge in [-0.15, -0.1) is 0 Å². The van der Waals surface area contributed by atoms with Crippen LogP contribution in [0.25, 0.3) is 0 Å². The average Bonchev–Trinajstić information content (AvgIpc) is 2.02. The van der Waals surface area contributed by atoms with Crippen molar-refractivity contribution in [3.63, 3.8) is 0 Å². The summed E-state index contributed by atoms with van der Waals surface area (Å²) in [5.41, 5.74) is 0.577. The first-order valence-electron chi connectivity index (χ1n) is 3.29.